The van der Waals surface area contributed by atoms with Gasteiger partial charge >= 0.3 is 23.9 Å². The fourth-order valence-electron chi connectivity index (χ4n) is 15.5. The van der Waals surface area contributed by atoms with E-state index in [4.69, 9.17) is 92.4 Å². The molecule has 4 aliphatic carbocycles. The van der Waals surface area contributed by atoms with E-state index in [0.717, 1.165) is 53.4 Å². The van der Waals surface area contributed by atoms with Gasteiger partial charge in [0.15, 0.2) is 56.1 Å². The first-order valence-electron chi connectivity index (χ1n) is 36.9. The van der Waals surface area contributed by atoms with Crippen molar-refractivity contribution < 1.29 is 121 Å². The molecular formula is C61H88N30O25. The van der Waals surface area contributed by atoms with Crippen LogP contribution in [0.15, 0.2) is 51.1 Å². The molecule has 0 aromatic rings. The third-order valence-electron chi connectivity index (χ3n) is 21.7. The summed E-state index contributed by atoms with van der Waals surface area (Å²) in [6.07, 6.45) is -31.3. The molecule has 0 aromatic carbocycles. The van der Waals surface area contributed by atoms with Gasteiger partial charge in [0.25, 0.3) is 0 Å². The second-order valence-electron chi connectivity index (χ2n) is 29.4. The molecule has 10 rings (SSSR count). The van der Waals surface area contributed by atoms with Gasteiger partial charge in [0.05, 0.1) is 105 Å². The molecule has 0 aromatic heterocycles. The van der Waals surface area contributed by atoms with E-state index in [2.05, 4.69) is 114 Å². The number of hydrogen-bond donors (Lipinski definition) is 5. The first-order valence-corrected chi connectivity index (χ1v) is 36.9. The van der Waals surface area contributed by atoms with E-state index in [1.165, 1.54) is 0 Å². The number of rotatable bonds is 32. The molecule has 116 heavy (non-hydrogen) atoms. The molecule has 6 saturated heterocycles. The van der Waals surface area contributed by atoms with Crippen molar-refractivity contribution in [3.05, 3.63) is 104 Å². The third kappa shape index (κ3) is 21.7. The Hall–Kier alpha value is -9.70. The summed E-state index contributed by atoms with van der Waals surface area (Å²) in [4.78, 5) is 78.4. The van der Waals surface area contributed by atoms with Crippen molar-refractivity contribution in [2.45, 2.75) is 327 Å². The summed E-state index contributed by atoms with van der Waals surface area (Å²) >= 11 is 0. The fourth-order valence-corrected chi connectivity index (χ4v) is 15.5. The summed E-state index contributed by atoms with van der Waals surface area (Å²) in [5.74, 6) is -3.42. The van der Waals surface area contributed by atoms with E-state index < -0.39 is 240 Å². The molecule has 632 valence electrons. The lowest BCUT2D eigenvalue weighted by atomic mass is 9.83. The number of azide groups is 10. The molecule has 6 heterocycles. The number of carbonyl (C=O) groups excluding carboxylic acids is 4. The predicted molar refractivity (Wildman–Crippen MR) is 379 cm³/mol. The minimum Gasteiger partial charge on any atom is -0.459 e. The minimum atomic E-state index is -1.81. The molecule has 10 fully saturated rings. The van der Waals surface area contributed by atoms with Crippen LogP contribution in [0.25, 0.3) is 104 Å². The van der Waals surface area contributed by atoms with Crippen LogP contribution in [0, 0.1) is 10.8 Å². The Labute approximate surface area is 655 Å². The maximum atomic E-state index is 12.9. The largest absolute Gasteiger partial charge is 0.459 e. The van der Waals surface area contributed by atoms with E-state index in [9.17, 15) is 83.4 Å². The number of carbonyl (C=O) groups is 4. The average molecular weight is 1640 g/mol. The van der Waals surface area contributed by atoms with Crippen molar-refractivity contribution >= 4 is 23.9 Å². The molecule has 6 aliphatic heterocycles. The molecule has 10 aliphatic rings. The van der Waals surface area contributed by atoms with Gasteiger partial charge in [0.1, 0.15) is 67.0 Å². The zero-order valence-electron chi connectivity index (χ0n) is 63.3. The smallest absolute Gasteiger partial charge is 0.303 e. The van der Waals surface area contributed by atoms with Crippen LogP contribution in [0.3, 0.4) is 0 Å². The Kier molecular flexibility index (Phi) is 32.2. The SMILES string of the molecule is CC1([C@@H]2CC[C@@H](N=[N+]=[N-])[C@@H](O[C@H]3[C@H](O[C@@H]4O[C@H](CO)[C@@H](O[C@H]5O[C@@H](CN=[N+]=[N-])[C@@H](O)[C@H](O)[C@H]5N=[N+]=[N-])[C@H]4O)[C@@H](O)[C@H](N=[N+]=[N-])C[C@@H]3N=[N+]=[N-])O2)CC1.CC[C@H]1O[C@@H](O[C@@H]2[C@@H](OC(C)=O)[C@H](N=[N+]=[N-])C[C@H](N=[N+]=[N-])[C@H]2O[C@H]2O[C@H](C3(C)CC3)CC[C@H]2N=[N+]=[N-])[C@H](OC(C)=O)[C@@H]1O[C@H]1O[C@@H](CN=[N+]=[N-])[C@@H](OC(C)=O)[C@H](OC(C)=O)[C@H]1N=[N+]=[N-]. The molecule has 5 N–H and O–H groups in total. The summed E-state index contributed by atoms with van der Waals surface area (Å²) in [7, 11) is 0. The standard InChI is InChI=1S/C35H49N15O14.C26H39N15O11/c1-7-21-27(63-33-24(45-50-40)29(57-16(4)53)28(56-15(3)52)22(60-33)13-41-46-36)31(58-17(5)54)34(59-21)64-30-25(55-14(2)51)19(43-48-38)12-20(44-49-39)26(30)62-32-18(42-47-37)8-9-23(61-32)35(6)10-11-35;1-26(4-5-26)14-3-2-9(33-38-28)23(49-14)50-20-11(35-40-30)6-10(34-39-29)16(43)22(20)52-25-19(46)21(13(8-42)48-25)51-24-15(36-41-31)18(45)17(44)12(47-24)7-32-37-27/h18-34H,7-13H2,1-6H3;9-25,42-46H,2-8H2,1H3/t18-,19-,20+,21-,22+,23+,24-,25+,26-,27-,28-,29-,30-,31-,32-,33-,34+;9-,10-,11+,12+,13-,14+,15-,16+,17-,18-,19-,20-,21-,22-,23-,24-,25+/m11/s1. The maximum absolute atomic E-state index is 12.9. The Morgan fingerprint density at radius 3 is 1.23 bits per heavy atom. The highest BCUT2D eigenvalue weighted by atomic mass is 16.8. The lowest BCUT2D eigenvalue weighted by Gasteiger charge is -2.47. The average Bonchev–Trinajstić information content (AvgIpc) is 1.50. The van der Waals surface area contributed by atoms with Crippen molar-refractivity contribution in [3.8, 4) is 0 Å². The summed E-state index contributed by atoms with van der Waals surface area (Å²) in [6.45, 7) is 8.36. The highest BCUT2D eigenvalue weighted by Gasteiger charge is 2.61. The molecule has 55 heteroatoms. The minimum absolute atomic E-state index is 0.117. The molecule has 4 saturated carbocycles. The Morgan fingerprint density at radius 1 is 0.353 bits per heavy atom. The molecule has 0 unspecified atom stereocenters. The van der Waals surface area contributed by atoms with Crippen LogP contribution in [0.5, 0.6) is 0 Å². The molecule has 0 amide bonds. The second-order valence-corrected chi connectivity index (χ2v) is 29.4. The zero-order valence-corrected chi connectivity index (χ0v) is 63.3. The number of esters is 4. The van der Waals surface area contributed by atoms with Crippen LogP contribution < -0.4 is 0 Å². The number of nitrogens with zero attached hydrogens (tertiary/aromatic N) is 30. The van der Waals surface area contributed by atoms with Gasteiger partial charge in [0, 0.05) is 76.8 Å². The summed E-state index contributed by atoms with van der Waals surface area (Å²) in [5.41, 5.74) is 93.0. The lowest BCUT2D eigenvalue weighted by molar-refractivity contribution is -0.295. The maximum Gasteiger partial charge on any atom is 0.303 e. The van der Waals surface area contributed by atoms with Crippen LogP contribution in [0.2, 0.25) is 0 Å². The van der Waals surface area contributed by atoms with Crippen LogP contribution >= 0.6 is 0 Å². The van der Waals surface area contributed by atoms with Gasteiger partial charge in [-0.05, 0) is 137 Å². The van der Waals surface area contributed by atoms with Crippen molar-refractivity contribution in [1.82, 2.24) is 0 Å². The lowest BCUT2D eigenvalue weighted by Crippen LogP contribution is -2.62. The van der Waals surface area contributed by atoms with Gasteiger partial charge in [-0.3, -0.25) is 19.2 Å². The van der Waals surface area contributed by atoms with E-state index in [0.29, 0.717) is 25.7 Å². The van der Waals surface area contributed by atoms with E-state index in [-0.39, 0.29) is 42.3 Å². The highest BCUT2D eigenvalue weighted by molar-refractivity contribution is 5.68. The topological polar surface area (TPSA) is 805 Å². The fraction of sp³-hybridized carbons (Fsp3) is 0.934. The van der Waals surface area contributed by atoms with Crippen LogP contribution in [-0.4, -0.2) is 277 Å². The second kappa shape index (κ2) is 41.4. The Morgan fingerprint density at radius 2 is 0.741 bits per heavy atom. The van der Waals surface area contributed by atoms with Gasteiger partial charge in [-0.25, -0.2) is 0 Å². The van der Waals surface area contributed by atoms with Gasteiger partial charge in [0.2, 0.25) is 0 Å². The van der Waals surface area contributed by atoms with E-state index >= 15 is 0 Å². The molecule has 55 nitrogen and oxygen atoms in total. The third-order valence-corrected chi connectivity index (χ3v) is 21.7. The van der Waals surface area contributed by atoms with Gasteiger partial charge < -0.3 is 101 Å². The van der Waals surface area contributed by atoms with E-state index in [1.807, 2.05) is 0 Å². The highest BCUT2D eigenvalue weighted by Crippen LogP contribution is 2.54. The first-order chi connectivity index (χ1) is 55.6. The predicted octanol–water partition coefficient (Wildman–Crippen LogP) is 7.23. The van der Waals surface area contributed by atoms with Crippen molar-refractivity contribution in [1.29, 1.82) is 0 Å². The quantitative estimate of drug-likeness (QED) is 0.0146. The summed E-state index contributed by atoms with van der Waals surface area (Å²) in [5, 5.41) is 91.2. The van der Waals surface area contributed by atoms with Gasteiger partial charge in [-0.2, -0.15) is 0 Å². The zero-order chi connectivity index (χ0) is 84.3. The number of aliphatic hydroxyl groups excluding tert-OH is 5. The van der Waals surface area contributed by atoms with Crippen molar-refractivity contribution in [2.75, 3.05) is 19.7 Å². The normalized spacial score (nSPS) is 40.1. The monoisotopic (exact) mass is 1640 g/mol. The van der Waals surface area contributed by atoms with Gasteiger partial charge in [-0.1, -0.05) is 71.9 Å². The van der Waals surface area contributed by atoms with Crippen molar-refractivity contribution in [3.63, 3.8) is 0 Å². The summed E-state index contributed by atoms with van der Waals surface area (Å²) < 4.78 is 96.9. The van der Waals surface area contributed by atoms with Crippen LogP contribution in [0.4, 0.5) is 0 Å². The molecular weight excluding hydrogens is 1550 g/mol. The molecule has 0 radical (unpaired) electrons. The van der Waals surface area contributed by atoms with E-state index in [1.54, 1.807) is 6.92 Å². The summed E-state index contributed by atoms with van der Waals surface area (Å²) in [6, 6.07) is -9.65. The number of ether oxygens (including phenoxy) is 16. The Bertz CT molecular complexity index is 3990. The first kappa shape index (κ1) is 90.2. The van der Waals surface area contributed by atoms with Crippen LogP contribution in [-0.2, 0) is 95.0 Å². The molecule has 34 atom stereocenters. The van der Waals surface area contributed by atoms with Crippen molar-refractivity contribution in [2.24, 2.45) is 62.0 Å². The Balaban J connectivity index is 0.000000271. The molecule has 0 spiro atoms. The molecule has 0 bridgehead atoms. The number of hydrogen-bond acceptors (Lipinski definition) is 35. The van der Waals surface area contributed by atoms with Gasteiger partial charge in [-0.15, -0.1) is 0 Å². The number of aliphatic hydroxyl groups is 5. The van der Waals surface area contributed by atoms with Crippen LogP contribution in [0.1, 0.15) is 119 Å².